The maximum atomic E-state index is 13.0. The Labute approximate surface area is 182 Å². The van der Waals surface area contributed by atoms with E-state index in [2.05, 4.69) is 10.6 Å². The van der Waals surface area contributed by atoms with Gasteiger partial charge in [0.05, 0.1) is 23.2 Å². The lowest BCUT2D eigenvalue weighted by molar-refractivity contribution is -0.122. The zero-order valence-electron chi connectivity index (χ0n) is 17.8. The summed E-state index contributed by atoms with van der Waals surface area (Å²) in [6, 6.07) is 13.4. The molecule has 2 N–H and O–H groups in total. The summed E-state index contributed by atoms with van der Waals surface area (Å²) in [5, 5.41) is 5.66. The Morgan fingerprint density at radius 1 is 1.16 bits per heavy atom. The number of hydrogen-bond donors (Lipinski definition) is 2. The minimum Gasteiger partial charge on any atom is -0.478 e. The lowest BCUT2D eigenvalue weighted by Gasteiger charge is -2.20. The van der Waals surface area contributed by atoms with Gasteiger partial charge in [-0.05, 0) is 37.6 Å². The van der Waals surface area contributed by atoms with Crippen molar-refractivity contribution in [2.24, 2.45) is 0 Å². The normalized spacial score (nSPS) is 17.0. The third-order valence-electron chi connectivity index (χ3n) is 5.11. The molecule has 1 aliphatic heterocycles. The average molecular weight is 446 g/mol. The van der Waals surface area contributed by atoms with Gasteiger partial charge < -0.3 is 15.4 Å². The largest absolute Gasteiger partial charge is 0.478 e. The van der Waals surface area contributed by atoms with Gasteiger partial charge >= 0.3 is 0 Å². The van der Waals surface area contributed by atoms with E-state index in [0.29, 0.717) is 22.7 Å². The van der Waals surface area contributed by atoms with Crippen LogP contribution >= 0.6 is 0 Å². The predicted octanol–water partition coefficient (Wildman–Crippen LogP) is 2.77. The highest BCUT2D eigenvalue weighted by Crippen LogP contribution is 2.34. The standard InChI is InChI=1S/C22H27N3O5S/c1-4-15(2)23-21(26)16-9-5-6-10-17(16)24-22(27)20-13-14-25(31(3,28)29)18-11-7-8-12-19(18)30-20/h5-12,15,20H,4,13-14H2,1-3H3,(H,23,26)(H,24,27)/t15-,20+/m0/s1. The van der Waals surface area contributed by atoms with E-state index >= 15 is 0 Å². The fourth-order valence-electron chi connectivity index (χ4n) is 3.27. The maximum Gasteiger partial charge on any atom is 0.265 e. The van der Waals surface area contributed by atoms with Crippen molar-refractivity contribution in [3.8, 4) is 5.75 Å². The lowest BCUT2D eigenvalue weighted by atomic mass is 10.1. The number of sulfonamides is 1. The smallest absolute Gasteiger partial charge is 0.265 e. The molecule has 2 atom stereocenters. The molecule has 0 saturated carbocycles. The Bertz CT molecular complexity index is 1070. The van der Waals surface area contributed by atoms with Crippen molar-refractivity contribution < 1.29 is 22.7 Å². The first-order valence-corrected chi connectivity index (χ1v) is 12.0. The van der Waals surface area contributed by atoms with E-state index in [1.54, 1.807) is 48.5 Å². The third-order valence-corrected chi connectivity index (χ3v) is 6.29. The maximum absolute atomic E-state index is 13.0. The summed E-state index contributed by atoms with van der Waals surface area (Å²) in [6.07, 6.45) is 1.15. The van der Waals surface area contributed by atoms with Gasteiger partial charge in [-0.1, -0.05) is 31.2 Å². The number of fused-ring (bicyclic) bond motifs is 1. The number of carbonyl (C=O) groups is 2. The van der Waals surface area contributed by atoms with Crippen molar-refractivity contribution in [1.29, 1.82) is 0 Å². The Morgan fingerprint density at radius 3 is 2.55 bits per heavy atom. The van der Waals surface area contributed by atoms with Gasteiger partial charge in [0.1, 0.15) is 5.75 Å². The fraction of sp³-hybridized carbons (Fsp3) is 0.364. The number of hydrogen-bond acceptors (Lipinski definition) is 5. The number of nitrogens with one attached hydrogen (secondary N) is 2. The molecule has 1 aliphatic rings. The number of amides is 2. The molecular formula is C22H27N3O5S. The van der Waals surface area contributed by atoms with Crippen molar-refractivity contribution in [1.82, 2.24) is 5.32 Å². The molecule has 0 fully saturated rings. The molecule has 2 aromatic rings. The van der Waals surface area contributed by atoms with Crippen molar-refractivity contribution in [3.63, 3.8) is 0 Å². The molecule has 0 aromatic heterocycles. The second-order valence-electron chi connectivity index (χ2n) is 7.52. The quantitative estimate of drug-likeness (QED) is 0.711. The minimum atomic E-state index is -3.53. The van der Waals surface area contributed by atoms with E-state index in [1.165, 1.54) is 4.31 Å². The molecule has 0 saturated heterocycles. The van der Waals surface area contributed by atoms with Crippen molar-refractivity contribution in [3.05, 3.63) is 54.1 Å². The van der Waals surface area contributed by atoms with Crippen LogP contribution in [0.2, 0.25) is 0 Å². The number of carbonyl (C=O) groups excluding carboxylic acids is 2. The number of ether oxygens (including phenoxy) is 1. The molecule has 9 heteroatoms. The molecule has 0 spiro atoms. The third kappa shape index (κ3) is 5.35. The van der Waals surface area contributed by atoms with Gasteiger partial charge in [-0.15, -0.1) is 0 Å². The van der Waals surface area contributed by atoms with E-state index in [9.17, 15) is 18.0 Å². The van der Waals surface area contributed by atoms with Crippen LogP contribution in [0.4, 0.5) is 11.4 Å². The molecule has 0 bridgehead atoms. The Morgan fingerprint density at radius 2 is 1.84 bits per heavy atom. The molecule has 3 rings (SSSR count). The highest BCUT2D eigenvalue weighted by Gasteiger charge is 2.31. The van der Waals surface area contributed by atoms with Crippen LogP contribution in [0.1, 0.15) is 37.0 Å². The van der Waals surface area contributed by atoms with Crippen LogP contribution in [0.15, 0.2) is 48.5 Å². The molecule has 2 amide bonds. The van der Waals surface area contributed by atoms with Crippen molar-refractivity contribution in [2.75, 3.05) is 22.4 Å². The summed E-state index contributed by atoms with van der Waals surface area (Å²) >= 11 is 0. The molecule has 8 nitrogen and oxygen atoms in total. The molecule has 1 heterocycles. The molecule has 0 unspecified atom stereocenters. The van der Waals surface area contributed by atoms with Gasteiger partial charge in [0.15, 0.2) is 6.10 Å². The molecule has 31 heavy (non-hydrogen) atoms. The van der Waals surface area contributed by atoms with Crippen LogP contribution < -0.4 is 19.7 Å². The predicted molar refractivity (Wildman–Crippen MR) is 120 cm³/mol. The van der Waals surface area contributed by atoms with Crippen LogP contribution in [-0.2, 0) is 14.8 Å². The summed E-state index contributed by atoms with van der Waals surface area (Å²) < 4.78 is 31.6. The molecule has 166 valence electrons. The number of anilines is 2. The van der Waals surface area contributed by atoms with Crippen LogP contribution in [-0.4, -0.2) is 45.2 Å². The van der Waals surface area contributed by atoms with E-state index in [1.807, 2.05) is 13.8 Å². The van der Waals surface area contributed by atoms with E-state index in [4.69, 9.17) is 4.74 Å². The zero-order valence-corrected chi connectivity index (χ0v) is 18.6. The Kier molecular flexibility index (Phi) is 6.84. The first-order valence-electron chi connectivity index (χ1n) is 10.1. The van der Waals surface area contributed by atoms with Gasteiger partial charge in [0, 0.05) is 19.0 Å². The fourth-order valence-corrected chi connectivity index (χ4v) is 4.21. The zero-order chi connectivity index (χ0) is 22.6. The molecule has 0 radical (unpaired) electrons. The number of para-hydroxylation sites is 3. The second-order valence-corrected chi connectivity index (χ2v) is 9.42. The summed E-state index contributed by atoms with van der Waals surface area (Å²) in [4.78, 5) is 25.6. The van der Waals surface area contributed by atoms with E-state index in [-0.39, 0.29) is 24.9 Å². The van der Waals surface area contributed by atoms with Crippen molar-refractivity contribution >= 4 is 33.2 Å². The SMILES string of the molecule is CC[C@H](C)NC(=O)c1ccccc1NC(=O)[C@H]1CCN(S(C)(=O)=O)c2ccccc2O1. The highest BCUT2D eigenvalue weighted by molar-refractivity contribution is 7.92. The number of rotatable bonds is 6. The summed E-state index contributed by atoms with van der Waals surface area (Å²) in [5.74, 6) is -0.414. The lowest BCUT2D eigenvalue weighted by Crippen LogP contribution is -2.37. The van der Waals surface area contributed by atoms with Gasteiger partial charge in [-0.3, -0.25) is 13.9 Å². The van der Waals surface area contributed by atoms with Gasteiger partial charge in [0.2, 0.25) is 10.0 Å². The van der Waals surface area contributed by atoms with E-state index < -0.39 is 22.0 Å². The van der Waals surface area contributed by atoms with Crippen LogP contribution in [0.25, 0.3) is 0 Å². The second kappa shape index (κ2) is 9.38. The number of benzene rings is 2. The Balaban J connectivity index is 1.82. The van der Waals surface area contributed by atoms with Crippen molar-refractivity contribution in [2.45, 2.75) is 38.8 Å². The van der Waals surface area contributed by atoms with Crippen LogP contribution in [0.3, 0.4) is 0 Å². The monoisotopic (exact) mass is 445 g/mol. The van der Waals surface area contributed by atoms with Gasteiger partial charge in [-0.2, -0.15) is 0 Å². The minimum absolute atomic E-state index is 0.0000692. The summed E-state index contributed by atoms with van der Waals surface area (Å²) in [5.41, 5.74) is 1.12. The van der Waals surface area contributed by atoms with E-state index in [0.717, 1.165) is 12.7 Å². The first-order chi connectivity index (χ1) is 14.7. The van der Waals surface area contributed by atoms with Crippen LogP contribution in [0, 0.1) is 0 Å². The Hall–Kier alpha value is -3.07. The highest BCUT2D eigenvalue weighted by atomic mass is 32.2. The van der Waals surface area contributed by atoms with Crippen LogP contribution in [0.5, 0.6) is 5.75 Å². The summed E-state index contributed by atoms with van der Waals surface area (Å²) in [7, 11) is -3.53. The van der Waals surface area contributed by atoms with Gasteiger partial charge in [0.25, 0.3) is 11.8 Å². The molecular weight excluding hydrogens is 418 g/mol. The molecule has 2 aromatic carbocycles. The molecule has 0 aliphatic carbocycles. The van der Waals surface area contributed by atoms with Gasteiger partial charge in [-0.25, -0.2) is 8.42 Å². The summed E-state index contributed by atoms with van der Waals surface area (Å²) in [6.45, 7) is 3.98. The first kappa shape index (κ1) is 22.6. The average Bonchev–Trinajstić information content (AvgIpc) is 2.93. The topological polar surface area (TPSA) is 105 Å². The number of nitrogens with zero attached hydrogens (tertiary/aromatic N) is 1.